The van der Waals surface area contributed by atoms with Gasteiger partial charge in [0.05, 0.1) is 13.2 Å². The molecule has 0 unspecified atom stereocenters. The Kier molecular flexibility index (Phi) is 2.18. The summed E-state index contributed by atoms with van der Waals surface area (Å²) in [5.41, 5.74) is -0.178. The highest BCUT2D eigenvalue weighted by Gasteiger charge is 2.50. The second-order valence-electron chi connectivity index (χ2n) is 3.81. The van der Waals surface area contributed by atoms with Gasteiger partial charge < -0.3 is 14.2 Å². The van der Waals surface area contributed by atoms with Gasteiger partial charge in [-0.2, -0.15) is 0 Å². The van der Waals surface area contributed by atoms with Gasteiger partial charge in [0.1, 0.15) is 12.2 Å². The maximum absolute atomic E-state index is 5.77. The molecule has 3 aliphatic heterocycles. The zero-order valence-corrected chi connectivity index (χ0v) is 8.04. The Bertz CT molecular complexity index is 188. The van der Waals surface area contributed by atoms with Crippen molar-refractivity contribution in [3.8, 4) is 0 Å². The fourth-order valence-electron chi connectivity index (χ4n) is 1.74. The summed E-state index contributed by atoms with van der Waals surface area (Å²) in [7, 11) is 0. The van der Waals surface area contributed by atoms with E-state index in [1.807, 2.05) is 6.08 Å². The van der Waals surface area contributed by atoms with E-state index in [0.717, 1.165) is 6.42 Å². The van der Waals surface area contributed by atoms with Gasteiger partial charge in [0.15, 0.2) is 5.79 Å². The van der Waals surface area contributed by atoms with Gasteiger partial charge in [-0.1, -0.05) is 13.0 Å². The van der Waals surface area contributed by atoms with Gasteiger partial charge in [-0.25, -0.2) is 0 Å². The second kappa shape index (κ2) is 3.08. The first kappa shape index (κ1) is 9.19. The highest BCUT2D eigenvalue weighted by atomic mass is 16.8. The molecule has 0 radical (unpaired) electrons. The van der Waals surface area contributed by atoms with Crippen molar-refractivity contribution in [2.75, 3.05) is 19.8 Å². The molecule has 3 nitrogen and oxygen atoms in total. The summed E-state index contributed by atoms with van der Waals surface area (Å²) in [6.45, 7) is 7.62. The zero-order chi connectivity index (χ0) is 9.36. The third-order valence-electron chi connectivity index (χ3n) is 2.89. The van der Waals surface area contributed by atoms with Crippen molar-refractivity contribution in [3.63, 3.8) is 0 Å². The van der Waals surface area contributed by atoms with E-state index >= 15 is 0 Å². The van der Waals surface area contributed by atoms with Crippen LogP contribution in [0, 0.1) is 0 Å². The lowest BCUT2D eigenvalue weighted by Gasteiger charge is -2.51. The summed E-state index contributed by atoms with van der Waals surface area (Å²) in [6.07, 6.45) is 3.46. The van der Waals surface area contributed by atoms with Crippen LogP contribution in [0.25, 0.3) is 0 Å². The van der Waals surface area contributed by atoms with Crippen molar-refractivity contribution in [2.45, 2.75) is 31.2 Å². The Hall–Kier alpha value is -0.380. The Morgan fingerprint density at radius 1 is 1.23 bits per heavy atom. The molecule has 0 aliphatic carbocycles. The molecule has 3 fully saturated rings. The zero-order valence-electron chi connectivity index (χ0n) is 8.04. The lowest BCUT2D eigenvalue weighted by Crippen LogP contribution is -2.63. The lowest BCUT2D eigenvalue weighted by atomic mass is 9.97. The summed E-state index contributed by atoms with van der Waals surface area (Å²) in [5.74, 6) is -0.529. The Balaban J connectivity index is 2.06. The lowest BCUT2D eigenvalue weighted by molar-refractivity contribution is -0.395. The average molecular weight is 184 g/mol. The van der Waals surface area contributed by atoms with Crippen LogP contribution >= 0.6 is 0 Å². The molecule has 13 heavy (non-hydrogen) atoms. The molecule has 2 bridgehead atoms. The van der Waals surface area contributed by atoms with Crippen molar-refractivity contribution >= 4 is 0 Å². The smallest absolute Gasteiger partial charge is 0.195 e. The Morgan fingerprint density at radius 2 is 1.92 bits per heavy atom. The van der Waals surface area contributed by atoms with Crippen molar-refractivity contribution < 1.29 is 14.2 Å². The largest absolute Gasteiger partial charge is 0.365 e. The standard InChI is InChI=1S/C10H16O3/c1-3-5-10-8-11-9(4-2,6-12-10)7-13-10/h3H,1,4-8H2,2H3. The van der Waals surface area contributed by atoms with E-state index in [0.29, 0.717) is 26.2 Å². The molecule has 0 saturated carbocycles. The molecule has 3 heterocycles. The summed E-state index contributed by atoms with van der Waals surface area (Å²) in [4.78, 5) is 0. The van der Waals surface area contributed by atoms with Gasteiger partial charge >= 0.3 is 0 Å². The van der Waals surface area contributed by atoms with Gasteiger partial charge in [0.2, 0.25) is 0 Å². The molecule has 3 heteroatoms. The van der Waals surface area contributed by atoms with E-state index in [1.54, 1.807) is 0 Å². The number of fused-ring (bicyclic) bond motifs is 3. The minimum atomic E-state index is -0.529. The van der Waals surface area contributed by atoms with Gasteiger partial charge in [-0.15, -0.1) is 6.58 Å². The van der Waals surface area contributed by atoms with Crippen LogP contribution in [-0.2, 0) is 14.2 Å². The van der Waals surface area contributed by atoms with Crippen LogP contribution in [0.4, 0.5) is 0 Å². The molecule has 3 saturated heterocycles. The van der Waals surface area contributed by atoms with Crippen molar-refractivity contribution in [1.29, 1.82) is 0 Å². The molecule has 0 amide bonds. The van der Waals surface area contributed by atoms with Crippen molar-refractivity contribution in [2.24, 2.45) is 0 Å². The molecule has 3 aliphatic rings. The molecule has 0 spiro atoms. The topological polar surface area (TPSA) is 27.7 Å². The quantitative estimate of drug-likeness (QED) is 0.622. The van der Waals surface area contributed by atoms with Crippen LogP contribution in [0.2, 0.25) is 0 Å². The third-order valence-corrected chi connectivity index (χ3v) is 2.89. The monoisotopic (exact) mass is 184 g/mol. The number of hydrogen-bond donors (Lipinski definition) is 0. The highest BCUT2D eigenvalue weighted by Crippen LogP contribution is 2.37. The van der Waals surface area contributed by atoms with E-state index in [1.165, 1.54) is 0 Å². The van der Waals surface area contributed by atoms with E-state index < -0.39 is 5.79 Å². The molecular formula is C10H16O3. The van der Waals surface area contributed by atoms with Crippen LogP contribution in [0.1, 0.15) is 19.8 Å². The van der Waals surface area contributed by atoms with E-state index in [4.69, 9.17) is 14.2 Å². The minimum absolute atomic E-state index is 0.178. The van der Waals surface area contributed by atoms with E-state index in [2.05, 4.69) is 13.5 Å². The maximum atomic E-state index is 5.77. The average Bonchev–Trinajstić information content (AvgIpc) is 2.21. The second-order valence-corrected chi connectivity index (χ2v) is 3.81. The molecule has 0 N–H and O–H groups in total. The molecule has 3 rings (SSSR count). The SMILES string of the molecule is C=CCC12COC(CC)(CO1)CO2. The van der Waals surface area contributed by atoms with Crippen molar-refractivity contribution in [3.05, 3.63) is 12.7 Å². The minimum Gasteiger partial charge on any atom is -0.365 e. The van der Waals surface area contributed by atoms with Crippen molar-refractivity contribution in [1.82, 2.24) is 0 Å². The third kappa shape index (κ3) is 1.41. The van der Waals surface area contributed by atoms with Crippen LogP contribution in [0.15, 0.2) is 12.7 Å². The summed E-state index contributed by atoms with van der Waals surface area (Å²) >= 11 is 0. The fourth-order valence-corrected chi connectivity index (χ4v) is 1.74. The molecule has 0 aromatic rings. The predicted molar refractivity (Wildman–Crippen MR) is 48.4 cm³/mol. The Morgan fingerprint density at radius 3 is 2.31 bits per heavy atom. The first-order chi connectivity index (χ1) is 6.24. The maximum Gasteiger partial charge on any atom is 0.195 e. The first-order valence-corrected chi connectivity index (χ1v) is 4.77. The van der Waals surface area contributed by atoms with E-state index in [-0.39, 0.29) is 5.60 Å². The molecule has 74 valence electrons. The first-order valence-electron chi connectivity index (χ1n) is 4.77. The molecular weight excluding hydrogens is 168 g/mol. The van der Waals surface area contributed by atoms with Crippen LogP contribution in [0.3, 0.4) is 0 Å². The summed E-state index contributed by atoms with van der Waals surface area (Å²) in [6, 6.07) is 0. The molecule has 0 aromatic heterocycles. The molecule has 0 aromatic carbocycles. The van der Waals surface area contributed by atoms with Gasteiger partial charge in [0, 0.05) is 6.42 Å². The van der Waals surface area contributed by atoms with Crippen LogP contribution in [-0.4, -0.2) is 31.2 Å². The highest BCUT2D eigenvalue weighted by molar-refractivity contribution is 4.95. The van der Waals surface area contributed by atoms with Gasteiger partial charge in [-0.3, -0.25) is 0 Å². The molecule has 0 atom stereocenters. The van der Waals surface area contributed by atoms with Crippen LogP contribution < -0.4 is 0 Å². The normalized spacial score (nSPS) is 43.5. The van der Waals surface area contributed by atoms with Gasteiger partial charge in [0.25, 0.3) is 0 Å². The number of rotatable bonds is 3. The predicted octanol–water partition coefficient (Wildman–Crippen LogP) is 1.48. The number of hydrogen-bond acceptors (Lipinski definition) is 3. The summed E-state index contributed by atoms with van der Waals surface area (Å²) < 4.78 is 17.1. The number of ether oxygens (including phenoxy) is 3. The summed E-state index contributed by atoms with van der Waals surface area (Å²) in [5, 5.41) is 0. The van der Waals surface area contributed by atoms with Gasteiger partial charge in [-0.05, 0) is 6.42 Å². The van der Waals surface area contributed by atoms with E-state index in [9.17, 15) is 0 Å². The van der Waals surface area contributed by atoms with Crippen LogP contribution in [0.5, 0.6) is 0 Å². The fraction of sp³-hybridized carbons (Fsp3) is 0.800. The Labute approximate surface area is 78.7 Å².